The second kappa shape index (κ2) is 11.1. The summed E-state index contributed by atoms with van der Waals surface area (Å²) in [5, 5.41) is 5.36. The molecule has 0 bridgehead atoms. The largest absolute Gasteiger partial charge is 0.309 e. The van der Waals surface area contributed by atoms with Gasteiger partial charge in [0.05, 0.1) is 41.3 Å². The minimum Gasteiger partial charge on any atom is -0.309 e. The Morgan fingerprint density at radius 1 is 0.388 bits per heavy atom. The fraction of sp³-hybridized carbons (Fsp3) is 0. The molecule has 0 unspecified atom stereocenters. The fourth-order valence-electron chi connectivity index (χ4n) is 7.16. The van der Waals surface area contributed by atoms with Crippen molar-refractivity contribution in [2.45, 2.75) is 0 Å². The number of aromatic nitrogens is 2. The number of fused-ring (bicyclic) bond motifs is 8. The summed E-state index contributed by atoms with van der Waals surface area (Å²) in [4.78, 5) is 0. The molecule has 8 aromatic carbocycles. The van der Waals surface area contributed by atoms with E-state index >= 15 is 0 Å². The fourth-order valence-corrected chi connectivity index (χ4v) is 7.16. The number of nitrogens with zero attached hydrogens (tertiary/aromatic N) is 2. The van der Waals surface area contributed by atoms with Crippen molar-refractivity contribution in [1.82, 2.24) is 9.13 Å². The summed E-state index contributed by atoms with van der Waals surface area (Å²) in [7, 11) is 0. The molecule has 0 saturated heterocycles. The highest BCUT2D eigenvalue weighted by molar-refractivity contribution is 6.95. The van der Waals surface area contributed by atoms with E-state index in [9.17, 15) is 5.48 Å². The SMILES string of the molecule is [2H]c1c([2H])c([2H])c(B(c2c([2H])c([2H])c([2H])c([2H])c2[2H])c2c([2H])c([2H])c(-n3c4cc5c(cc4c4c6ccccc6ccc43)c3ccccc3n5-c3ccccc3)c([2H])c2[2H])c([2H])c1[2H]. The molecule has 0 spiro atoms. The van der Waals surface area contributed by atoms with Crippen LogP contribution >= 0.6 is 0 Å². The lowest BCUT2D eigenvalue weighted by Gasteiger charge is -2.17. The molecule has 0 atom stereocenters. The first-order chi connectivity index (χ1) is 30.1. The smallest absolute Gasteiger partial charge is 0.241 e. The van der Waals surface area contributed by atoms with Gasteiger partial charge in [-0.3, -0.25) is 0 Å². The van der Waals surface area contributed by atoms with Gasteiger partial charge in [-0.05, 0) is 59.3 Å². The zero-order valence-electron chi connectivity index (χ0n) is 39.8. The van der Waals surface area contributed by atoms with Gasteiger partial charge in [-0.25, -0.2) is 0 Å². The van der Waals surface area contributed by atoms with E-state index in [2.05, 4.69) is 16.7 Å². The first-order valence-corrected chi connectivity index (χ1v) is 15.8. The maximum Gasteiger partial charge on any atom is 0.241 e. The van der Waals surface area contributed by atoms with Gasteiger partial charge in [-0.15, -0.1) is 0 Å². The first kappa shape index (κ1) is 17.2. The predicted molar refractivity (Wildman–Crippen MR) is 210 cm³/mol. The lowest BCUT2D eigenvalue weighted by Crippen LogP contribution is -2.51. The van der Waals surface area contributed by atoms with Crippen molar-refractivity contribution in [2.75, 3.05) is 0 Å². The van der Waals surface area contributed by atoms with E-state index in [1.54, 1.807) is 4.57 Å². The second-order valence-corrected chi connectivity index (χ2v) is 11.9. The monoisotopic (exact) mass is 636 g/mol. The Kier molecular flexibility index (Phi) is 3.91. The Labute approximate surface area is 304 Å². The Hall–Kier alpha value is -6.32. The van der Waals surface area contributed by atoms with Crippen LogP contribution in [0.1, 0.15) is 19.2 Å². The molecule has 2 aromatic heterocycles. The molecular weight excluding hydrogens is 591 g/mol. The summed E-state index contributed by atoms with van der Waals surface area (Å²) < 4.78 is 129. The van der Waals surface area contributed by atoms with E-state index in [1.165, 1.54) is 0 Å². The molecule has 0 saturated carbocycles. The lowest BCUT2D eigenvalue weighted by atomic mass is 9.37. The van der Waals surface area contributed by atoms with Crippen molar-refractivity contribution in [3.05, 3.63) is 188 Å². The van der Waals surface area contributed by atoms with Crippen molar-refractivity contribution in [2.24, 2.45) is 0 Å². The molecule has 49 heavy (non-hydrogen) atoms. The van der Waals surface area contributed by atoms with Gasteiger partial charge < -0.3 is 9.13 Å². The molecule has 10 rings (SSSR count). The summed E-state index contributed by atoms with van der Waals surface area (Å²) in [6.45, 7) is -1.93. The summed E-state index contributed by atoms with van der Waals surface area (Å²) in [5.41, 5.74) is 2.01. The topological polar surface area (TPSA) is 9.86 Å². The quantitative estimate of drug-likeness (QED) is 0.167. The molecule has 0 aliphatic carbocycles. The van der Waals surface area contributed by atoms with Gasteiger partial charge in [0.2, 0.25) is 6.71 Å². The maximum atomic E-state index is 9.75. The Morgan fingerprint density at radius 2 is 0.980 bits per heavy atom. The molecule has 0 radical (unpaired) electrons. The molecule has 0 amide bonds. The van der Waals surface area contributed by atoms with Crippen LogP contribution in [0.4, 0.5) is 0 Å². The third kappa shape index (κ3) is 4.36. The van der Waals surface area contributed by atoms with E-state index < -0.39 is 108 Å². The van der Waals surface area contributed by atoms with Crippen molar-refractivity contribution >= 4 is 77.5 Å². The number of para-hydroxylation sites is 2. The molecule has 2 heterocycles. The van der Waals surface area contributed by atoms with Crippen molar-refractivity contribution in [1.29, 1.82) is 0 Å². The van der Waals surface area contributed by atoms with Crippen LogP contribution < -0.4 is 16.4 Å². The Balaban J connectivity index is 1.36. The molecule has 0 N–H and O–H groups in total. The van der Waals surface area contributed by atoms with Crippen LogP contribution in [0.2, 0.25) is 0 Å². The summed E-state index contributed by atoms with van der Waals surface area (Å²) in [6, 6.07) is 23.3. The highest BCUT2D eigenvalue weighted by Crippen LogP contribution is 2.41. The molecular formula is C46H31BN2. The normalized spacial score (nSPS) is 15.7. The predicted octanol–water partition coefficient (Wildman–Crippen LogP) is 9.55. The van der Waals surface area contributed by atoms with Crippen molar-refractivity contribution in [3.8, 4) is 11.4 Å². The van der Waals surface area contributed by atoms with E-state index in [0.29, 0.717) is 11.0 Å². The standard InChI is InChI=1S/C46H31BN2/c1-4-15-33(16-5-1)47(34-17-6-2-7-18-34)35-25-27-37(28-26-35)49-43-29-24-32-14-10-11-21-38(32)46(43)41-30-40-39-22-12-13-23-42(39)48(44(40)31-45(41)49)36-19-8-3-9-20-36/h1-31H/i1D,2D,4D,5D,6D,7D,15D,16D,17D,18D,25D,26D,27D,28D. The van der Waals surface area contributed by atoms with Crippen LogP contribution in [-0.2, 0) is 0 Å². The zero-order chi connectivity index (χ0) is 44.5. The number of benzene rings is 8. The van der Waals surface area contributed by atoms with Gasteiger partial charge in [0.15, 0.2) is 0 Å². The van der Waals surface area contributed by atoms with Crippen molar-refractivity contribution < 1.29 is 19.2 Å². The van der Waals surface area contributed by atoms with Gasteiger partial charge >= 0.3 is 0 Å². The van der Waals surface area contributed by atoms with Gasteiger partial charge in [0.25, 0.3) is 0 Å². The Bertz CT molecular complexity index is 3480. The van der Waals surface area contributed by atoms with Gasteiger partial charge in [0.1, 0.15) is 0 Å². The Morgan fingerprint density at radius 3 is 1.71 bits per heavy atom. The van der Waals surface area contributed by atoms with E-state index in [0.717, 1.165) is 49.0 Å². The van der Waals surface area contributed by atoms with Crippen LogP contribution in [0.15, 0.2) is 188 Å². The molecule has 2 nitrogen and oxygen atoms in total. The minimum absolute atomic E-state index is 0.147. The summed E-state index contributed by atoms with van der Waals surface area (Å²) in [5.74, 6) is 0. The minimum atomic E-state index is -1.93. The average Bonchev–Trinajstić information content (AvgIpc) is 3.79. The van der Waals surface area contributed by atoms with Crippen LogP contribution in [0.25, 0.3) is 65.8 Å². The van der Waals surface area contributed by atoms with Crippen LogP contribution in [0.3, 0.4) is 0 Å². The molecule has 3 heteroatoms. The second-order valence-electron chi connectivity index (χ2n) is 11.9. The molecule has 0 aliphatic rings. The molecule has 0 fully saturated rings. The lowest BCUT2D eigenvalue weighted by molar-refractivity contribution is 1.17. The van der Waals surface area contributed by atoms with Crippen LogP contribution in [0, 0.1) is 0 Å². The maximum absolute atomic E-state index is 9.75. The number of hydrogen-bond donors (Lipinski definition) is 0. The zero-order valence-corrected chi connectivity index (χ0v) is 25.8. The van der Waals surface area contributed by atoms with Crippen LogP contribution in [-0.4, -0.2) is 15.8 Å². The summed E-state index contributed by atoms with van der Waals surface area (Å²) in [6.07, 6.45) is 0. The average molecular weight is 637 g/mol. The van der Waals surface area contributed by atoms with Crippen LogP contribution in [0.5, 0.6) is 0 Å². The third-order valence-corrected chi connectivity index (χ3v) is 9.22. The highest BCUT2D eigenvalue weighted by atomic mass is 15.0. The van der Waals surface area contributed by atoms with Gasteiger partial charge in [-0.1, -0.05) is 156 Å². The van der Waals surface area contributed by atoms with Gasteiger partial charge in [-0.2, -0.15) is 0 Å². The van der Waals surface area contributed by atoms with Crippen molar-refractivity contribution in [3.63, 3.8) is 0 Å². The molecule has 10 aromatic rings. The number of rotatable bonds is 5. The highest BCUT2D eigenvalue weighted by Gasteiger charge is 2.23. The van der Waals surface area contributed by atoms with E-state index in [-0.39, 0.29) is 5.69 Å². The molecule has 228 valence electrons. The van der Waals surface area contributed by atoms with E-state index in [4.69, 9.17) is 13.7 Å². The van der Waals surface area contributed by atoms with E-state index in [1.807, 2.05) is 91.0 Å². The van der Waals surface area contributed by atoms with Gasteiger partial charge in [0, 0.05) is 32.9 Å². The summed E-state index contributed by atoms with van der Waals surface area (Å²) >= 11 is 0. The first-order valence-electron chi connectivity index (χ1n) is 22.8. The molecule has 0 aliphatic heterocycles. The third-order valence-electron chi connectivity index (χ3n) is 9.22. The number of hydrogen-bond acceptors (Lipinski definition) is 0.